The summed E-state index contributed by atoms with van der Waals surface area (Å²) in [7, 11) is 0. The number of hydrogen-bond acceptors (Lipinski definition) is 6. The standard InChI is InChI=1S/C27H38N4O5/c1-19-14-26(3,4)18-27(15-19)24(34)31(25(35)28-27)17-22(32)36-20(2)23(33)30-12-10-29(11-13-30)16-21-8-6-5-7-9-21/h5-9,19-20H,10-18H2,1-4H3,(H,28,35). The van der Waals surface area contributed by atoms with Crippen LogP contribution in [0.5, 0.6) is 0 Å². The Morgan fingerprint density at radius 1 is 1.08 bits per heavy atom. The molecule has 4 amide bonds. The molecule has 2 saturated heterocycles. The average Bonchev–Trinajstić information content (AvgIpc) is 3.01. The fourth-order valence-electron chi connectivity index (χ4n) is 6.29. The van der Waals surface area contributed by atoms with Gasteiger partial charge in [-0.2, -0.15) is 0 Å². The number of benzene rings is 1. The van der Waals surface area contributed by atoms with Crippen molar-refractivity contribution in [1.29, 1.82) is 0 Å². The summed E-state index contributed by atoms with van der Waals surface area (Å²) in [4.78, 5) is 56.3. The van der Waals surface area contributed by atoms with Gasteiger partial charge in [0.15, 0.2) is 6.10 Å². The van der Waals surface area contributed by atoms with Crippen LogP contribution in [0, 0.1) is 11.3 Å². The SMILES string of the molecule is CC1CC(C)(C)CC2(C1)NC(=O)N(CC(=O)OC(C)C(=O)N1CCN(Cc3ccccc3)CC1)C2=O. The van der Waals surface area contributed by atoms with Gasteiger partial charge >= 0.3 is 12.0 Å². The van der Waals surface area contributed by atoms with Crippen LogP contribution in [-0.4, -0.2) is 82.9 Å². The minimum atomic E-state index is -0.985. The van der Waals surface area contributed by atoms with E-state index in [1.54, 1.807) is 4.90 Å². The van der Waals surface area contributed by atoms with E-state index in [1.165, 1.54) is 12.5 Å². The lowest BCUT2D eigenvalue weighted by molar-refractivity contribution is -0.161. The van der Waals surface area contributed by atoms with Gasteiger partial charge in [0.25, 0.3) is 11.8 Å². The molecule has 36 heavy (non-hydrogen) atoms. The van der Waals surface area contributed by atoms with E-state index in [1.807, 2.05) is 18.2 Å². The average molecular weight is 499 g/mol. The fraction of sp³-hybridized carbons (Fsp3) is 0.630. The first-order valence-corrected chi connectivity index (χ1v) is 12.9. The molecule has 1 spiro atoms. The van der Waals surface area contributed by atoms with Gasteiger partial charge in [-0.05, 0) is 43.1 Å². The number of carbonyl (C=O) groups is 4. The first kappa shape index (κ1) is 26.1. The van der Waals surface area contributed by atoms with Crippen LogP contribution in [0.1, 0.15) is 52.5 Å². The van der Waals surface area contributed by atoms with Crippen LogP contribution in [0.2, 0.25) is 0 Å². The van der Waals surface area contributed by atoms with Crippen molar-refractivity contribution in [3.8, 4) is 0 Å². The summed E-state index contributed by atoms with van der Waals surface area (Å²) in [5.41, 5.74) is 0.163. The van der Waals surface area contributed by atoms with Crippen molar-refractivity contribution in [2.24, 2.45) is 11.3 Å². The largest absolute Gasteiger partial charge is 0.451 e. The Morgan fingerprint density at radius 3 is 2.39 bits per heavy atom. The van der Waals surface area contributed by atoms with Crippen molar-refractivity contribution in [3.63, 3.8) is 0 Å². The number of urea groups is 1. The van der Waals surface area contributed by atoms with Crippen molar-refractivity contribution in [3.05, 3.63) is 35.9 Å². The van der Waals surface area contributed by atoms with Crippen molar-refractivity contribution < 1.29 is 23.9 Å². The maximum atomic E-state index is 13.2. The highest BCUT2D eigenvalue weighted by Gasteiger charge is 2.56. The van der Waals surface area contributed by atoms with E-state index in [-0.39, 0.29) is 23.1 Å². The molecule has 1 saturated carbocycles. The van der Waals surface area contributed by atoms with Gasteiger partial charge in [-0.15, -0.1) is 0 Å². The molecule has 0 aromatic heterocycles. The Balaban J connectivity index is 1.27. The molecule has 9 nitrogen and oxygen atoms in total. The van der Waals surface area contributed by atoms with Crippen LogP contribution < -0.4 is 5.32 Å². The topological polar surface area (TPSA) is 99.3 Å². The van der Waals surface area contributed by atoms with E-state index < -0.39 is 30.2 Å². The van der Waals surface area contributed by atoms with Crippen LogP contribution in [0.4, 0.5) is 4.79 Å². The zero-order chi connectivity index (χ0) is 26.1. The molecule has 4 rings (SSSR count). The van der Waals surface area contributed by atoms with E-state index in [0.717, 1.165) is 31.0 Å². The lowest BCUT2D eigenvalue weighted by Crippen LogP contribution is -2.54. The molecular formula is C27H38N4O5. The number of hydrogen-bond donors (Lipinski definition) is 1. The highest BCUT2D eigenvalue weighted by molar-refractivity contribution is 6.08. The lowest BCUT2D eigenvalue weighted by atomic mass is 9.64. The second kappa shape index (κ2) is 10.2. The molecule has 2 aliphatic heterocycles. The predicted octanol–water partition coefficient (Wildman–Crippen LogP) is 2.40. The quantitative estimate of drug-likeness (QED) is 0.478. The molecule has 1 aliphatic carbocycles. The molecular weight excluding hydrogens is 460 g/mol. The maximum absolute atomic E-state index is 13.2. The lowest BCUT2D eigenvalue weighted by Gasteiger charge is -2.43. The van der Waals surface area contributed by atoms with E-state index in [9.17, 15) is 19.2 Å². The molecule has 3 unspecified atom stereocenters. The number of nitrogens with zero attached hydrogens (tertiary/aromatic N) is 3. The smallest absolute Gasteiger partial charge is 0.327 e. The summed E-state index contributed by atoms with van der Waals surface area (Å²) < 4.78 is 5.37. The zero-order valence-electron chi connectivity index (χ0n) is 21.8. The Hall–Kier alpha value is -2.94. The number of ether oxygens (including phenoxy) is 1. The predicted molar refractivity (Wildman–Crippen MR) is 134 cm³/mol. The number of esters is 1. The molecule has 1 aromatic carbocycles. The second-order valence-electron chi connectivity index (χ2n) is 11.5. The summed E-state index contributed by atoms with van der Waals surface area (Å²) in [6, 6.07) is 9.62. The van der Waals surface area contributed by atoms with Crippen LogP contribution in [0.15, 0.2) is 30.3 Å². The summed E-state index contributed by atoms with van der Waals surface area (Å²) in [5, 5.41) is 2.86. The molecule has 1 N–H and O–H groups in total. The van der Waals surface area contributed by atoms with Gasteiger partial charge < -0.3 is 15.0 Å². The highest BCUT2D eigenvalue weighted by Crippen LogP contribution is 2.46. The van der Waals surface area contributed by atoms with Gasteiger partial charge in [0, 0.05) is 32.7 Å². The molecule has 3 aliphatic rings. The summed E-state index contributed by atoms with van der Waals surface area (Å²) in [5.74, 6) is -1.13. The third kappa shape index (κ3) is 5.72. The Labute approximate surface area is 213 Å². The van der Waals surface area contributed by atoms with E-state index in [2.05, 4.69) is 43.1 Å². The van der Waals surface area contributed by atoms with Gasteiger partial charge in [-0.25, -0.2) is 4.79 Å². The molecule has 196 valence electrons. The summed E-state index contributed by atoms with van der Waals surface area (Å²) in [6.45, 7) is 10.7. The van der Waals surface area contributed by atoms with Crippen LogP contribution in [0.25, 0.3) is 0 Å². The van der Waals surface area contributed by atoms with Crippen molar-refractivity contribution >= 4 is 23.8 Å². The van der Waals surface area contributed by atoms with Crippen LogP contribution >= 0.6 is 0 Å². The Bertz CT molecular complexity index is 1000. The van der Waals surface area contributed by atoms with Gasteiger partial charge in [0.05, 0.1) is 0 Å². The minimum Gasteiger partial charge on any atom is -0.451 e. The molecule has 9 heteroatoms. The first-order chi connectivity index (χ1) is 17.0. The van der Waals surface area contributed by atoms with Crippen LogP contribution in [-0.2, 0) is 25.7 Å². The van der Waals surface area contributed by atoms with Gasteiger partial charge in [0.2, 0.25) is 0 Å². The van der Waals surface area contributed by atoms with Crippen molar-refractivity contribution in [2.75, 3.05) is 32.7 Å². The molecule has 3 fully saturated rings. The monoisotopic (exact) mass is 498 g/mol. The number of amides is 4. The number of carbonyl (C=O) groups excluding carboxylic acids is 4. The summed E-state index contributed by atoms with van der Waals surface area (Å²) >= 11 is 0. The third-order valence-electron chi connectivity index (χ3n) is 7.50. The zero-order valence-corrected chi connectivity index (χ0v) is 21.8. The van der Waals surface area contributed by atoms with E-state index in [4.69, 9.17) is 4.74 Å². The third-order valence-corrected chi connectivity index (χ3v) is 7.50. The Morgan fingerprint density at radius 2 is 1.75 bits per heavy atom. The molecule has 1 aromatic rings. The van der Waals surface area contributed by atoms with Crippen molar-refractivity contribution in [1.82, 2.24) is 20.0 Å². The van der Waals surface area contributed by atoms with Gasteiger partial charge in [0.1, 0.15) is 12.1 Å². The normalized spacial score (nSPS) is 27.2. The number of nitrogens with one attached hydrogen (secondary N) is 1. The second-order valence-corrected chi connectivity index (χ2v) is 11.5. The Kier molecular flexibility index (Phi) is 7.41. The van der Waals surface area contributed by atoms with E-state index in [0.29, 0.717) is 25.9 Å². The fourth-order valence-corrected chi connectivity index (χ4v) is 6.29. The van der Waals surface area contributed by atoms with Crippen molar-refractivity contribution in [2.45, 2.75) is 65.1 Å². The maximum Gasteiger partial charge on any atom is 0.327 e. The highest BCUT2D eigenvalue weighted by atomic mass is 16.5. The molecule has 0 bridgehead atoms. The molecule has 2 heterocycles. The van der Waals surface area contributed by atoms with Gasteiger partial charge in [-0.1, -0.05) is 51.1 Å². The first-order valence-electron chi connectivity index (χ1n) is 12.9. The number of rotatable bonds is 6. The van der Waals surface area contributed by atoms with Gasteiger partial charge in [-0.3, -0.25) is 24.2 Å². The number of imide groups is 1. The number of piperazine rings is 1. The van der Waals surface area contributed by atoms with E-state index >= 15 is 0 Å². The van der Waals surface area contributed by atoms with Crippen LogP contribution in [0.3, 0.4) is 0 Å². The summed E-state index contributed by atoms with van der Waals surface area (Å²) in [6.07, 6.45) is 1.07. The molecule has 3 atom stereocenters. The minimum absolute atomic E-state index is 0.0941. The molecule has 0 radical (unpaired) electrons.